The molecule has 0 amide bonds. The molecule has 4 nitrogen and oxygen atoms in total. The maximum absolute atomic E-state index is 11.7. The minimum Gasteiger partial charge on any atom is -0.303 e. The lowest BCUT2D eigenvalue weighted by atomic mass is 9.99. The van der Waals surface area contributed by atoms with E-state index in [0.29, 0.717) is 6.29 Å². The molecule has 0 aliphatic heterocycles. The van der Waals surface area contributed by atoms with E-state index in [4.69, 9.17) is 0 Å². The first kappa shape index (κ1) is 16.7. The van der Waals surface area contributed by atoms with E-state index in [0.717, 1.165) is 23.2 Å². The van der Waals surface area contributed by atoms with Crippen LogP contribution < -0.4 is 0 Å². The first-order valence-electron chi connectivity index (χ1n) is 8.11. The summed E-state index contributed by atoms with van der Waals surface area (Å²) in [5, 5.41) is 0. The molecule has 0 N–H and O–H groups in total. The van der Waals surface area contributed by atoms with E-state index < -0.39 is 0 Å². The molecule has 0 aliphatic carbocycles. The number of aromatic nitrogens is 2. The lowest BCUT2D eigenvalue weighted by Crippen LogP contribution is -2.07. The summed E-state index contributed by atoms with van der Waals surface area (Å²) in [6.45, 7) is 1.85. The first-order chi connectivity index (χ1) is 12.2. The van der Waals surface area contributed by atoms with Crippen molar-refractivity contribution < 1.29 is 9.59 Å². The van der Waals surface area contributed by atoms with Gasteiger partial charge in [-0.25, -0.2) is 9.97 Å². The van der Waals surface area contributed by atoms with Gasteiger partial charge in [0.25, 0.3) is 0 Å². The van der Waals surface area contributed by atoms with Crippen LogP contribution in [0.2, 0.25) is 0 Å². The van der Waals surface area contributed by atoms with Crippen molar-refractivity contribution in [3.63, 3.8) is 0 Å². The van der Waals surface area contributed by atoms with Gasteiger partial charge in [-0.2, -0.15) is 0 Å². The Bertz CT molecular complexity index is 905. The second-order valence-electron chi connectivity index (χ2n) is 5.85. The molecule has 4 heteroatoms. The van der Waals surface area contributed by atoms with Crippen LogP contribution in [0, 0.1) is 6.92 Å². The van der Waals surface area contributed by atoms with Crippen molar-refractivity contribution in [3.05, 3.63) is 83.4 Å². The summed E-state index contributed by atoms with van der Waals surface area (Å²) in [6, 6.07) is 18.5. The molecule has 0 radical (unpaired) electrons. The van der Waals surface area contributed by atoms with Crippen LogP contribution in [0.5, 0.6) is 0 Å². The van der Waals surface area contributed by atoms with Crippen molar-refractivity contribution >= 4 is 12.1 Å². The van der Waals surface area contributed by atoms with E-state index >= 15 is 0 Å². The predicted molar refractivity (Wildman–Crippen MR) is 96.5 cm³/mol. The van der Waals surface area contributed by atoms with Gasteiger partial charge >= 0.3 is 0 Å². The summed E-state index contributed by atoms with van der Waals surface area (Å²) in [5.41, 5.74) is 5.07. The second kappa shape index (κ2) is 7.62. The number of ketones is 1. The van der Waals surface area contributed by atoms with Crippen molar-refractivity contribution in [3.8, 4) is 11.1 Å². The highest BCUT2D eigenvalue weighted by Crippen LogP contribution is 2.23. The van der Waals surface area contributed by atoms with Crippen molar-refractivity contribution in [2.45, 2.75) is 19.8 Å². The number of benzene rings is 2. The monoisotopic (exact) mass is 330 g/mol. The van der Waals surface area contributed by atoms with Gasteiger partial charge in [-0.15, -0.1) is 0 Å². The van der Waals surface area contributed by atoms with Gasteiger partial charge in [0.05, 0.1) is 6.42 Å². The lowest BCUT2D eigenvalue weighted by molar-refractivity contribution is -0.107. The van der Waals surface area contributed by atoms with Gasteiger partial charge in [0, 0.05) is 17.5 Å². The van der Waals surface area contributed by atoms with E-state index in [1.54, 1.807) is 6.20 Å². The molecule has 1 heterocycles. The second-order valence-corrected chi connectivity index (χ2v) is 5.85. The summed E-state index contributed by atoms with van der Waals surface area (Å²) in [5.74, 6) is -0.267. The molecule has 0 spiro atoms. The zero-order valence-electron chi connectivity index (χ0n) is 14.0. The predicted octanol–water partition coefficient (Wildman–Crippen LogP) is 3.81. The first-order valence-corrected chi connectivity index (χ1v) is 8.11. The Kier molecular flexibility index (Phi) is 5.09. The summed E-state index contributed by atoms with van der Waals surface area (Å²) >= 11 is 0. The highest BCUT2D eigenvalue weighted by atomic mass is 16.1. The van der Waals surface area contributed by atoms with Gasteiger partial charge in [-0.05, 0) is 30.0 Å². The zero-order chi connectivity index (χ0) is 17.6. The van der Waals surface area contributed by atoms with E-state index in [1.807, 2.05) is 37.3 Å². The molecule has 0 saturated heterocycles. The molecule has 25 heavy (non-hydrogen) atoms. The molecule has 0 atom stereocenters. The quantitative estimate of drug-likeness (QED) is 0.392. The molecule has 0 aliphatic rings. The molecule has 0 saturated carbocycles. The normalized spacial score (nSPS) is 10.4. The third-order valence-electron chi connectivity index (χ3n) is 3.99. The van der Waals surface area contributed by atoms with Gasteiger partial charge in [0.1, 0.15) is 6.29 Å². The van der Waals surface area contributed by atoms with Gasteiger partial charge in [-0.1, -0.05) is 54.6 Å². The van der Waals surface area contributed by atoms with Crippen molar-refractivity contribution in [2.24, 2.45) is 0 Å². The van der Waals surface area contributed by atoms with Crippen LogP contribution in [0.4, 0.5) is 0 Å². The Morgan fingerprint density at radius 3 is 2.52 bits per heavy atom. The average molecular weight is 330 g/mol. The Labute approximate surface area is 146 Å². The number of aryl methyl sites for hydroxylation is 1. The third kappa shape index (κ3) is 4.04. The van der Waals surface area contributed by atoms with Gasteiger partial charge in [0.2, 0.25) is 5.78 Å². The Morgan fingerprint density at radius 2 is 1.80 bits per heavy atom. The van der Waals surface area contributed by atoms with Crippen LogP contribution in [0.15, 0.2) is 60.8 Å². The van der Waals surface area contributed by atoms with Gasteiger partial charge in [-0.3, -0.25) is 4.79 Å². The maximum Gasteiger partial charge on any atom is 0.207 e. The van der Waals surface area contributed by atoms with Crippen molar-refractivity contribution in [2.75, 3.05) is 0 Å². The highest BCUT2D eigenvalue weighted by molar-refractivity contribution is 6.00. The third-order valence-corrected chi connectivity index (χ3v) is 3.99. The standard InChI is InChI=1S/C21H18N2O2/c1-15-19(14-22-21(23-15)20(25)10-11-24)18-9-5-8-17(13-18)12-16-6-3-2-4-7-16/h2-9,11,13-14H,10,12H2,1H3. The molecule has 1 aromatic heterocycles. The average Bonchev–Trinajstić information content (AvgIpc) is 2.63. The Balaban J connectivity index is 1.88. The molecule has 3 aromatic rings. The van der Waals surface area contributed by atoms with E-state index in [2.05, 4.69) is 34.2 Å². The number of aldehydes is 1. The summed E-state index contributed by atoms with van der Waals surface area (Å²) in [6.07, 6.45) is 2.89. The minimum atomic E-state index is -0.359. The Morgan fingerprint density at radius 1 is 1.04 bits per heavy atom. The largest absolute Gasteiger partial charge is 0.303 e. The van der Waals surface area contributed by atoms with Crippen molar-refractivity contribution in [1.82, 2.24) is 9.97 Å². The van der Waals surface area contributed by atoms with Crippen LogP contribution in [-0.4, -0.2) is 22.0 Å². The lowest BCUT2D eigenvalue weighted by Gasteiger charge is -2.09. The maximum atomic E-state index is 11.7. The Hall–Kier alpha value is -3.14. The SMILES string of the molecule is Cc1nc(C(=O)CC=O)ncc1-c1cccc(Cc2ccccc2)c1. The molecule has 2 aromatic carbocycles. The fraction of sp³-hybridized carbons (Fsp3) is 0.143. The van der Waals surface area contributed by atoms with Gasteiger partial charge < -0.3 is 4.79 Å². The van der Waals surface area contributed by atoms with E-state index in [1.165, 1.54) is 11.1 Å². The van der Waals surface area contributed by atoms with Crippen molar-refractivity contribution in [1.29, 1.82) is 0 Å². The summed E-state index contributed by atoms with van der Waals surface area (Å²) in [7, 11) is 0. The number of rotatable bonds is 6. The molecule has 124 valence electrons. The topological polar surface area (TPSA) is 59.9 Å². The van der Waals surface area contributed by atoms with E-state index in [-0.39, 0.29) is 18.0 Å². The number of carbonyl (C=O) groups excluding carboxylic acids is 2. The van der Waals surface area contributed by atoms with E-state index in [9.17, 15) is 9.59 Å². The molecular weight excluding hydrogens is 312 g/mol. The fourth-order valence-corrected chi connectivity index (χ4v) is 2.73. The number of nitrogens with zero attached hydrogens (tertiary/aromatic N) is 2. The minimum absolute atomic E-state index is 0.0915. The van der Waals surface area contributed by atoms with Crippen LogP contribution in [0.3, 0.4) is 0 Å². The smallest absolute Gasteiger partial charge is 0.207 e. The fourth-order valence-electron chi connectivity index (χ4n) is 2.73. The summed E-state index contributed by atoms with van der Waals surface area (Å²) < 4.78 is 0. The molecule has 0 unspecified atom stereocenters. The van der Waals surface area contributed by atoms with Crippen LogP contribution in [0.1, 0.15) is 33.9 Å². The highest BCUT2D eigenvalue weighted by Gasteiger charge is 2.12. The number of hydrogen-bond acceptors (Lipinski definition) is 4. The molecule has 0 fully saturated rings. The van der Waals surface area contributed by atoms with Gasteiger partial charge in [0.15, 0.2) is 5.82 Å². The number of carbonyl (C=O) groups is 2. The number of hydrogen-bond donors (Lipinski definition) is 0. The molecule has 0 bridgehead atoms. The van der Waals surface area contributed by atoms with Crippen LogP contribution in [-0.2, 0) is 11.2 Å². The van der Waals surface area contributed by atoms with Crippen LogP contribution >= 0.6 is 0 Å². The number of Topliss-reactive ketones (excluding diaryl/α,β-unsaturated/α-hetero) is 1. The molecular formula is C21H18N2O2. The summed E-state index contributed by atoms with van der Waals surface area (Å²) in [4.78, 5) is 30.6. The molecule has 3 rings (SSSR count). The van der Waals surface area contributed by atoms with Crippen LogP contribution in [0.25, 0.3) is 11.1 Å². The zero-order valence-corrected chi connectivity index (χ0v) is 14.0.